The molecule has 1 saturated heterocycles. The molecule has 0 spiro atoms. The van der Waals surface area contributed by atoms with Crippen LogP contribution in [0.5, 0.6) is 5.75 Å². The third-order valence-electron chi connectivity index (χ3n) is 7.37. The molecule has 2 unspecified atom stereocenters. The molecule has 0 N–H and O–H groups in total. The first-order chi connectivity index (χ1) is 16.9. The standard InChI is InChI=1S/C32H46N2O2/c1-12-21(4)30-25(16-15-17-28(30)36-23(6)13-2)31-27-18-22(5)26(24(7)35-14-3)19-34(27)29(20-33(31)11)32(8,9)10/h15-19,23,29H,5,7,12-14,20H2,1-4,6,8-11H3/b30-21?,31-25-. The van der Waals surface area contributed by atoms with Gasteiger partial charge in [-0.05, 0) is 56.7 Å². The molecule has 0 radical (unpaired) electrons. The summed E-state index contributed by atoms with van der Waals surface area (Å²) in [5.74, 6) is 1.63. The molecule has 2 heterocycles. The highest BCUT2D eigenvalue weighted by molar-refractivity contribution is 5.70. The molecule has 2 aliphatic heterocycles. The second kappa shape index (κ2) is 11.0. The van der Waals surface area contributed by atoms with Crippen LogP contribution >= 0.6 is 0 Å². The molecule has 2 aliphatic rings. The zero-order chi connectivity index (χ0) is 26.8. The van der Waals surface area contributed by atoms with E-state index in [2.05, 4.69) is 109 Å². The summed E-state index contributed by atoms with van der Waals surface area (Å²) < 4.78 is 12.2. The van der Waals surface area contributed by atoms with E-state index in [0.29, 0.717) is 12.4 Å². The third kappa shape index (κ3) is 5.43. The van der Waals surface area contributed by atoms with Crippen molar-refractivity contribution in [2.24, 2.45) is 5.41 Å². The predicted octanol–water partition coefficient (Wildman–Crippen LogP) is 6.10. The Labute approximate surface area is 219 Å². The van der Waals surface area contributed by atoms with Crippen molar-refractivity contribution in [1.82, 2.24) is 9.80 Å². The Balaban J connectivity index is 2.36. The number of hydrogen-bond donors (Lipinski definition) is 0. The second-order valence-electron chi connectivity index (χ2n) is 11.1. The first kappa shape index (κ1) is 27.7. The number of piperazine rings is 1. The first-order valence-electron chi connectivity index (χ1n) is 13.4. The Hall–Kier alpha value is -2.88. The van der Waals surface area contributed by atoms with E-state index in [1.165, 1.54) is 21.7 Å². The molecule has 4 nitrogen and oxygen atoms in total. The quantitative estimate of drug-likeness (QED) is 0.431. The molecule has 0 saturated carbocycles. The van der Waals surface area contributed by atoms with Crippen LogP contribution in [0.25, 0.3) is 11.3 Å². The minimum absolute atomic E-state index is 0.0575. The van der Waals surface area contributed by atoms with Crippen molar-refractivity contribution in [1.29, 1.82) is 0 Å². The number of fused-ring (bicyclic) bond motifs is 1. The van der Waals surface area contributed by atoms with Gasteiger partial charge in [-0.2, -0.15) is 0 Å². The van der Waals surface area contributed by atoms with Gasteiger partial charge in [-0.1, -0.05) is 65.5 Å². The van der Waals surface area contributed by atoms with Crippen LogP contribution in [0.15, 0.2) is 66.2 Å². The average Bonchev–Trinajstić information content (AvgIpc) is 2.82. The fraction of sp³-hybridized carbons (Fsp3) is 0.500. The van der Waals surface area contributed by atoms with Crippen LogP contribution in [-0.4, -0.2) is 42.1 Å². The summed E-state index contributed by atoms with van der Waals surface area (Å²) in [5, 5.41) is 2.41. The highest BCUT2D eigenvalue weighted by Gasteiger charge is 2.40. The van der Waals surface area contributed by atoms with Crippen LogP contribution in [0.3, 0.4) is 0 Å². The summed E-state index contributed by atoms with van der Waals surface area (Å²) in [4.78, 5) is 4.84. The highest BCUT2D eigenvalue weighted by Crippen LogP contribution is 2.41. The molecule has 0 bridgehead atoms. The molecule has 3 rings (SSSR count). The molecule has 0 aliphatic carbocycles. The van der Waals surface area contributed by atoms with Crippen LogP contribution in [0.2, 0.25) is 0 Å². The molecule has 36 heavy (non-hydrogen) atoms. The number of hydrogen-bond acceptors (Lipinski definition) is 4. The maximum absolute atomic E-state index is 6.45. The van der Waals surface area contributed by atoms with E-state index in [0.717, 1.165) is 42.0 Å². The number of nitrogens with zero attached hydrogens (tertiary/aromatic N) is 2. The zero-order valence-corrected chi connectivity index (χ0v) is 24.0. The SMILES string of the molecule is C=C1C=C2/C(=c3\cccc(OC(C)CC)c3=C(C)CC)N(C)CC(C(C)(C)C)N2C=C1C(=C)OCC. The largest absolute Gasteiger partial charge is 0.494 e. The summed E-state index contributed by atoms with van der Waals surface area (Å²) in [5.41, 5.74) is 5.63. The highest BCUT2D eigenvalue weighted by atomic mass is 16.5. The van der Waals surface area contributed by atoms with Crippen molar-refractivity contribution >= 4 is 11.3 Å². The van der Waals surface area contributed by atoms with E-state index in [1.807, 2.05) is 6.92 Å². The van der Waals surface area contributed by atoms with Gasteiger partial charge in [0.15, 0.2) is 0 Å². The molecule has 2 atom stereocenters. The van der Waals surface area contributed by atoms with Gasteiger partial charge in [-0.25, -0.2) is 0 Å². The Morgan fingerprint density at radius 3 is 2.47 bits per heavy atom. The maximum Gasteiger partial charge on any atom is 0.127 e. The zero-order valence-electron chi connectivity index (χ0n) is 24.0. The summed E-state index contributed by atoms with van der Waals surface area (Å²) in [7, 11) is 2.21. The number of benzene rings is 1. The Morgan fingerprint density at radius 2 is 1.89 bits per heavy atom. The summed E-state index contributed by atoms with van der Waals surface area (Å²) in [6.07, 6.45) is 6.49. The van der Waals surface area contributed by atoms with Crippen molar-refractivity contribution in [2.75, 3.05) is 20.2 Å². The van der Waals surface area contributed by atoms with Gasteiger partial charge in [-0.15, -0.1) is 0 Å². The second-order valence-corrected chi connectivity index (χ2v) is 11.1. The van der Waals surface area contributed by atoms with Gasteiger partial charge in [0.2, 0.25) is 0 Å². The Morgan fingerprint density at radius 1 is 1.19 bits per heavy atom. The third-order valence-corrected chi connectivity index (χ3v) is 7.37. The van der Waals surface area contributed by atoms with Crippen LogP contribution < -0.4 is 15.2 Å². The molecule has 4 heteroatoms. The Kier molecular flexibility index (Phi) is 8.48. The van der Waals surface area contributed by atoms with Crippen molar-refractivity contribution in [3.8, 4) is 5.75 Å². The van der Waals surface area contributed by atoms with Gasteiger partial charge in [0.1, 0.15) is 11.5 Å². The smallest absolute Gasteiger partial charge is 0.127 e. The minimum Gasteiger partial charge on any atom is -0.494 e. The van der Waals surface area contributed by atoms with E-state index in [4.69, 9.17) is 9.47 Å². The van der Waals surface area contributed by atoms with Crippen molar-refractivity contribution in [3.63, 3.8) is 0 Å². The van der Waals surface area contributed by atoms with E-state index >= 15 is 0 Å². The molecular weight excluding hydrogens is 444 g/mol. The topological polar surface area (TPSA) is 24.9 Å². The van der Waals surface area contributed by atoms with Gasteiger partial charge in [0.25, 0.3) is 0 Å². The molecule has 1 fully saturated rings. The maximum atomic E-state index is 6.45. The van der Waals surface area contributed by atoms with Crippen molar-refractivity contribution in [3.05, 3.63) is 76.7 Å². The summed E-state index contributed by atoms with van der Waals surface area (Å²) in [6.45, 7) is 27.7. The lowest BCUT2D eigenvalue weighted by Gasteiger charge is -2.50. The fourth-order valence-electron chi connectivity index (χ4n) is 4.97. The van der Waals surface area contributed by atoms with Gasteiger partial charge in [-0.3, -0.25) is 0 Å². The number of likely N-dealkylation sites (N-methyl/N-ethyl adjacent to an activating group) is 1. The van der Waals surface area contributed by atoms with Crippen LogP contribution in [0.4, 0.5) is 0 Å². The fourth-order valence-corrected chi connectivity index (χ4v) is 4.97. The van der Waals surface area contributed by atoms with Gasteiger partial charge in [0, 0.05) is 35.8 Å². The van der Waals surface area contributed by atoms with E-state index in [1.54, 1.807) is 0 Å². The Bertz CT molecular complexity index is 1200. The summed E-state index contributed by atoms with van der Waals surface area (Å²) >= 11 is 0. The van der Waals surface area contributed by atoms with E-state index < -0.39 is 0 Å². The van der Waals surface area contributed by atoms with E-state index in [9.17, 15) is 0 Å². The lowest BCUT2D eigenvalue weighted by atomic mass is 9.82. The molecule has 1 aromatic carbocycles. The normalized spacial score (nSPS) is 21.4. The molecule has 0 aromatic heterocycles. The van der Waals surface area contributed by atoms with Crippen molar-refractivity contribution < 1.29 is 9.47 Å². The number of rotatable bonds is 7. The molecule has 1 aromatic rings. The number of allylic oxidation sites excluding steroid dienone is 2. The van der Waals surface area contributed by atoms with Gasteiger partial charge >= 0.3 is 0 Å². The monoisotopic (exact) mass is 490 g/mol. The molecular formula is C32H46N2O2. The average molecular weight is 491 g/mol. The number of ether oxygens (including phenoxy) is 2. The molecule has 0 amide bonds. The minimum atomic E-state index is 0.0575. The van der Waals surface area contributed by atoms with Crippen LogP contribution in [0, 0.1) is 5.41 Å². The van der Waals surface area contributed by atoms with Crippen LogP contribution in [0.1, 0.15) is 68.2 Å². The van der Waals surface area contributed by atoms with Crippen LogP contribution in [-0.2, 0) is 4.74 Å². The van der Waals surface area contributed by atoms with E-state index in [-0.39, 0.29) is 17.6 Å². The van der Waals surface area contributed by atoms with Crippen molar-refractivity contribution in [2.45, 2.75) is 80.4 Å². The predicted molar refractivity (Wildman–Crippen MR) is 153 cm³/mol. The first-order valence-corrected chi connectivity index (χ1v) is 13.4. The van der Waals surface area contributed by atoms with Gasteiger partial charge in [0.05, 0.1) is 30.1 Å². The lowest BCUT2D eigenvalue weighted by Crippen LogP contribution is -2.55. The lowest BCUT2D eigenvalue weighted by molar-refractivity contribution is 0.128. The van der Waals surface area contributed by atoms with Gasteiger partial charge < -0.3 is 19.3 Å². The summed E-state index contributed by atoms with van der Waals surface area (Å²) in [6, 6.07) is 6.74. The molecule has 196 valence electrons.